The molecule has 0 aromatic heterocycles. The number of rotatable bonds is 2. The summed E-state index contributed by atoms with van der Waals surface area (Å²) >= 11 is 5.80. The van der Waals surface area contributed by atoms with E-state index in [1.807, 2.05) is 18.2 Å². The second kappa shape index (κ2) is 4.54. The Balaban J connectivity index is 2.39. The highest BCUT2D eigenvalue weighted by Gasteiger charge is 2.08. The highest BCUT2D eigenvalue weighted by Crippen LogP contribution is 2.11. The van der Waals surface area contributed by atoms with Crippen molar-refractivity contribution in [2.45, 2.75) is 0 Å². The number of halogens is 1. The number of hydrogen-bond acceptors (Lipinski definition) is 1. The molecule has 2 rings (SSSR count). The summed E-state index contributed by atoms with van der Waals surface area (Å²) in [5, 5.41) is 0.463. The maximum Gasteiger partial charge on any atom is 0.192 e. The van der Waals surface area contributed by atoms with Crippen LogP contribution in [0.1, 0.15) is 15.9 Å². The minimum Gasteiger partial charge on any atom is -0.289 e. The van der Waals surface area contributed by atoms with E-state index in [1.165, 1.54) is 0 Å². The number of carbonyl (C=O) groups is 1. The molecule has 0 atom stereocenters. The minimum absolute atomic E-state index is 0.0519. The molecule has 2 aromatic carbocycles. The van der Waals surface area contributed by atoms with Gasteiger partial charge in [0.25, 0.3) is 0 Å². The van der Waals surface area contributed by atoms with Crippen LogP contribution in [0.25, 0.3) is 0 Å². The standard InChI is InChI=1S/C13H8BClO/c14-11-8-10(6-7-12(11)15)13(16)9-4-2-1-3-5-9/h1-8H. The van der Waals surface area contributed by atoms with Crippen molar-refractivity contribution in [3.63, 3.8) is 0 Å². The molecule has 0 aliphatic carbocycles. The number of benzene rings is 2. The van der Waals surface area contributed by atoms with Crippen molar-refractivity contribution in [1.29, 1.82) is 0 Å². The van der Waals surface area contributed by atoms with Gasteiger partial charge in [0.15, 0.2) is 5.78 Å². The monoisotopic (exact) mass is 226 g/mol. The molecule has 0 aliphatic rings. The van der Waals surface area contributed by atoms with E-state index < -0.39 is 0 Å². The van der Waals surface area contributed by atoms with Gasteiger partial charge in [-0.3, -0.25) is 4.79 Å². The first kappa shape index (κ1) is 11.0. The maximum atomic E-state index is 12.0. The molecule has 0 saturated carbocycles. The molecular formula is C13H8BClO. The maximum absolute atomic E-state index is 12.0. The zero-order chi connectivity index (χ0) is 11.5. The molecule has 0 fully saturated rings. The predicted octanol–water partition coefficient (Wildman–Crippen LogP) is 2.36. The van der Waals surface area contributed by atoms with Crippen molar-refractivity contribution in [1.82, 2.24) is 0 Å². The van der Waals surface area contributed by atoms with Crippen molar-refractivity contribution in [3.05, 3.63) is 64.7 Å². The summed E-state index contributed by atoms with van der Waals surface area (Å²) in [7, 11) is 5.65. The molecule has 76 valence electrons. The Hall–Kier alpha value is -1.54. The first-order valence-corrected chi connectivity index (χ1v) is 5.21. The van der Waals surface area contributed by atoms with Gasteiger partial charge in [0.2, 0.25) is 0 Å². The summed E-state index contributed by atoms with van der Waals surface area (Å²) in [5.41, 5.74) is 1.61. The topological polar surface area (TPSA) is 17.1 Å². The predicted molar refractivity (Wildman–Crippen MR) is 66.7 cm³/mol. The third-order valence-electron chi connectivity index (χ3n) is 2.29. The van der Waals surface area contributed by atoms with Crippen LogP contribution in [0.3, 0.4) is 0 Å². The van der Waals surface area contributed by atoms with Crippen LogP contribution in [0.4, 0.5) is 0 Å². The van der Waals surface area contributed by atoms with E-state index >= 15 is 0 Å². The van der Waals surface area contributed by atoms with Gasteiger partial charge < -0.3 is 0 Å². The first-order valence-electron chi connectivity index (χ1n) is 4.83. The Labute approximate surface area is 100 Å². The molecule has 0 aliphatic heterocycles. The molecule has 2 radical (unpaired) electrons. The van der Waals surface area contributed by atoms with Crippen LogP contribution in [0.5, 0.6) is 0 Å². The molecule has 0 unspecified atom stereocenters. The Kier molecular flexibility index (Phi) is 3.11. The SMILES string of the molecule is [B]c1cc(C(=O)c2ccccc2)ccc1Cl. The van der Waals surface area contributed by atoms with E-state index in [4.69, 9.17) is 19.4 Å². The molecule has 0 saturated heterocycles. The fraction of sp³-hybridized carbons (Fsp3) is 0. The quantitative estimate of drug-likeness (QED) is 0.567. The lowest BCUT2D eigenvalue weighted by Crippen LogP contribution is -2.09. The zero-order valence-corrected chi connectivity index (χ0v) is 9.24. The molecule has 16 heavy (non-hydrogen) atoms. The number of hydrogen-bond donors (Lipinski definition) is 0. The minimum atomic E-state index is -0.0519. The third kappa shape index (κ3) is 2.17. The molecule has 0 N–H and O–H groups in total. The van der Waals surface area contributed by atoms with Gasteiger partial charge in [-0.1, -0.05) is 53.5 Å². The lowest BCUT2D eigenvalue weighted by atomic mass is 9.92. The molecule has 0 bridgehead atoms. The van der Waals surface area contributed by atoms with Gasteiger partial charge in [-0.05, 0) is 12.1 Å². The second-order valence-corrected chi connectivity index (χ2v) is 3.84. The number of carbonyl (C=O) groups excluding carboxylic acids is 1. The Bertz CT molecular complexity index is 523. The van der Waals surface area contributed by atoms with Gasteiger partial charge in [0.1, 0.15) is 7.85 Å². The summed E-state index contributed by atoms with van der Waals surface area (Å²) in [6.45, 7) is 0. The normalized spacial score (nSPS) is 10.1. The molecule has 2 aromatic rings. The highest BCUT2D eigenvalue weighted by atomic mass is 35.5. The van der Waals surface area contributed by atoms with Gasteiger partial charge in [-0.15, -0.1) is 0 Å². The first-order chi connectivity index (χ1) is 7.68. The average Bonchev–Trinajstić information content (AvgIpc) is 2.33. The van der Waals surface area contributed by atoms with E-state index in [0.29, 0.717) is 21.6 Å². The smallest absolute Gasteiger partial charge is 0.192 e. The van der Waals surface area contributed by atoms with Crippen molar-refractivity contribution in [2.75, 3.05) is 0 Å². The Morgan fingerprint density at radius 1 is 1.00 bits per heavy atom. The van der Waals surface area contributed by atoms with Crippen LogP contribution in [0.2, 0.25) is 5.02 Å². The van der Waals surface area contributed by atoms with Crippen LogP contribution in [0.15, 0.2) is 48.5 Å². The van der Waals surface area contributed by atoms with Crippen LogP contribution in [-0.2, 0) is 0 Å². The van der Waals surface area contributed by atoms with E-state index in [-0.39, 0.29) is 5.78 Å². The summed E-state index contributed by atoms with van der Waals surface area (Å²) in [6, 6.07) is 14.0. The largest absolute Gasteiger partial charge is 0.289 e. The van der Waals surface area contributed by atoms with Crippen LogP contribution in [-0.4, -0.2) is 13.6 Å². The summed E-state index contributed by atoms with van der Waals surface area (Å²) in [4.78, 5) is 12.0. The Morgan fingerprint density at radius 3 is 2.31 bits per heavy atom. The molecular weight excluding hydrogens is 218 g/mol. The van der Waals surface area contributed by atoms with Gasteiger partial charge >= 0.3 is 0 Å². The van der Waals surface area contributed by atoms with Gasteiger partial charge in [0, 0.05) is 16.1 Å². The van der Waals surface area contributed by atoms with Crippen LogP contribution in [0, 0.1) is 0 Å². The fourth-order valence-corrected chi connectivity index (χ4v) is 1.56. The number of ketones is 1. The van der Waals surface area contributed by atoms with E-state index in [0.717, 1.165) is 0 Å². The molecule has 0 spiro atoms. The summed E-state index contributed by atoms with van der Waals surface area (Å²) < 4.78 is 0. The summed E-state index contributed by atoms with van der Waals surface area (Å²) in [6.07, 6.45) is 0. The molecule has 0 amide bonds. The van der Waals surface area contributed by atoms with E-state index in [9.17, 15) is 4.79 Å². The lowest BCUT2D eigenvalue weighted by Gasteiger charge is -2.03. The van der Waals surface area contributed by atoms with Gasteiger partial charge in [-0.2, -0.15) is 0 Å². The second-order valence-electron chi connectivity index (χ2n) is 3.43. The average molecular weight is 226 g/mol. The van der Waals surface area contributed by atoms with Crippen LogP contribution >= 0.6 is 11.6 Å². The fourth-order valence-electron chi connectivity index (χ4n) is 1.44. The van der Waals surface area contributed by atoms with E-state index in [1.54, 1.807) is 30.3 Å². The van der Waals surface area contributed by atoms with Crippen molar-refractivity contribution >= 4 is 30.7 Å². The lowest BCUT2D eigenvalue weighted by molar-refractivity contribution is 0.103. The van der Waals surface area contributed by atoms with Gasteiger partial charge in [0.05, 0.1) is 0 Å². The van der Waals surface area contributed by atoms with Gasteiger partial charge in [-0.25, -0.2) is 0 Å². The van der Waals surface area contributed by atoms with E-state index in [2.05, 4.69) is 0 Å². The summed E-state index contributed by atoms with van der Waals surface area (Å²) in [5.74, 6) is -0.0519. The third-order valence-corrected chi connectivity index (χ3v) is 2.64. The molecule has 3 heteroatoms. The van der Waals surface area contributed by atoms with Crippen LogP contribution < -0.4 is 5.46 Å². The van der Waals surface area contributed by atoms with Crippen molar-refractivity contribution < 1.29 is 4.79 Å². The molecule has 1 nitrogen and oxygen atoms in total. The molecule has 0 heterocycles. The zero-order valence-electron chi connectivity index (χ0n) is 8.48. The Morgan fingerprint density at radius 2 is 1.69 bits per heavy atom. The van der Waals surface area contributed by atoms with Crippen molar-refractivity contribution in [3.8, 4) is 0 Å². The highest BCUT2D eigenvalue weighted by molar-refractivity contribution is 6.45. The van der Waals surface area contributed by atoms with Crippen molar-refractivity contribution in [2.24, 2.45) is 0 Å².